The fraction of sp³-hybridized carbons (Fsp3) is 0.0588. The second-order valence-electron chi connectivity index (χ2n) is 4.87. The van der Waals surface area contributed by atoms with Crippen LogP contribution >= 0.6 is 56.8 Å². The number of ether oxygens (including phenoxy) is 1. The number of nitriles is 1. The summed E-state index contributed by atoms with van der Waals surface area (Å²) >= 11 is 10.6. The van der Waals surface area contributed by atoms with Gasteiger partial charge in [-0.25, -0.2) is 4.39 Å². The van der Waals surface area contributed by atoms with Crippen LogP contribution < -0.4 is 4.74 Å². The third kappa shape index (κ3) is 3.43. The molecule has 0 bridgehead atoms. The summed E-state index contributed by atoms with van der Waals surface area (Å²) in [6.45, 7) is 0.276. The fourth-order valence-corrected chi connectivity index (χ4v) is 4.30. The SMILES string of the molecule is N#Cc1c(Cl)nc(OCc2c(I)cccc2I)c2cc(F)ccc12. The lowest BCUT2D eigenvalue weighted by Crippen LogP contribution is -2.03. The van der Waals surface area contributed by atoms with Crippen molar-refractivity contribution >= 4 is 67.6 Å². The normalized spacial score (nSPS) is 10.6. The van der Waals surface area contributed by atoms with E-state index in [2.05, 4.69) is 50.2 Å². The van der Waals surface area contributed by atoms with Crippen molar-refractivity contribution in [3.63, 3.8) is 0 Å². The van der Waals surface area contributed by atoms with Gasteiger partial charge in [-0.3, -0.25) is 0 Å². The molecule has 3 nitrogen and oxygen atoms in total. The van der Waals surface area contributed by atoms with Gasteiger partial charge in [0.2, 0.25) is 5.88 Å². The van der Waals surface area contributed by atoms with Crippen molar-refractivity contribution in [2.75, 3.05) is 0 Å². The van der Waals surface area contributed by atoms with E-state index in [0.717, 1.165) is 12.7 Å². The zero-order valence-corrected chi connectivity index (χ0v) is 17.1. The molecule has 120 valence electrons. The van der Waals surface area contributed by atoms with Crippen LogP contribution in [-0.4, -0.2) is 4.98 Å². The molecule has 0 saturated carbocycles. The molecule has 0 aliphatic carbocycles. The summed E-state index contributed by atoms with van der Waals surface area (Å²) in [5.74, 6) is -0.215. The molecule has 3 rings (SSSR count). The van der Waals surface area contributed by atoms with Crippen LogP contribution in [0.2, 0.25) is 5.15 Å². The predicted molar refractivity (Wildman–Crippen MR) is 108 cm³/mol. The molecule has 24 heavy (non-hydrogen) atoms. The van der Waals surface area contributed by atoms with E-state index in [4.69, 9.17) is 16.3 Å². The summed E-state index contributed by atoms with van der Waals surface area (Å²) < 4.78 is 21.6. The highest BCUT2D eigenvalue weighted by atomic mass is 127. The predicted octanol–water partition coefficient (Wildman–Crippen LogP) is 5.69. The minimum atomic E-state index is -0.427. The number of hydrogen-bond donors (Lipinski definition) is 0. The van der Waals surface area contributed by atoms with Gasteiger partial charge in [0.1, 0.15) is 18.5 Å². The Hall–Kier alpha value is -1.18. The Kier molecular flexibility index (Phi) is 5.42. The summed E-state index contributed by atoms with van der Waals surface area (Å²) in [7, 11) is 0. The molecular weight excluding hydrogens is 556 g/mol. The highest BCUT2D eigenvalue weighted by molar-refractivity contribution is 14.1. The van der Waals surface area contributed by atoms with Crippen LogP contribution in [0.4, 0.5) is 4.39 Å². The molecule has 0 N–H and O–H groups in total. The Morgan fingerprint density at radius 1 is 1.17 bits per heavy atom. The van der Waals surface area contributed by atoms with Crippen molar-refractivity contribution in [3.8, 4) is 11.9 Å². The van der Waals surface area contributed by atoms with Crippen molar-refractivity contribution in [3.05, 3.63) is 65.6 Å². The molecule has 0 saturated heterocycles. The summed E-state index contributed by atoms with van der Waals surface area (Å²) in [5, 5.41) is 10.2. The van der Waals surface area contributed by atoms with E-state index >= 15 is 0 Å². The van der Waals surface area contributed by atoms with Crippen molar-refractivity contribution < 1.29 is 9.13 Å². The molecule has 0 radical (unpaired) electrons. The van der Waals surface area contributed by atoms with Gasteiger partial charge in [0, 0.05) is 23.5 Å². The first-order chi connectivity index (χ1) is 11.5. The Bertz CT molecular complexity index is 968. The maximum Gasteiger partial charge on any atom is 0.223 e. The Balaban J connectivity index is 2.07. The molecule has 0 unspecified atom stereocenters. The lowest BCUT2D eigenvalue weighted by molar-refractivity contribution is 0.296. The molecule has 0 fully saturated rings. The molecule has 2 aromatic carbocycles. The third-order valence-corrected chi connectivity index (χ3v) is 5.71. The Morgan fingerprint density at radius 3 is 2.54 bits per heavy atom. The van der Waals surface area contributed by atoms with Crippen LogP contribution in [-0.2, 0) is 6.61 Å². The van der Waals surface area contributed by atoms with Gasteiger partial charge < -0.3 is 4.74 Å². The van der Waals surface area contributed by atoms with E-state index in [-0.39, 0.29) is 23.2 Å². The molecule has 0 aliphatic heterocycles. The van der Waals surface area contributed by atoms with Gasteiger partial charge >= 0.3 is 0 Å². The van der Waals surface area contributed by atoms with Crippen LogP contribution in [0.1, 0.15) is 11.1 Å². The second-order valence-corrected chi connectivity index (χ2v) is 7.56. The van der Waals surface area contributed by atoms with Gasteiger partial charge in [0.15, 0.2) is 5.15 Å². The maximum atomic E-state index is 13.6. The number of pyridine rings is 1. The van der Waals surface area contributed by atoms with Gasteiger partial charge in [0.25, 0.3) is 0 Å². The Labute approximate surface area is 170 Å². The van der Waals surface area contributed by atoms with Gasteiger partial charge in [-0.15, -0.1) is 0 Å². The molecular formula is C17H8ClFI2N2O. The number of hydrogen-bond acceptors (Lipinski definition) is 3. The fourth-order valence-electron chi connectivity index (χ4n) is 2.25. The van der Waals surface area contributed by atoms with Crippen LogP contribution in [0.5, 0.6) is 5.88 Å². The van der Waals surface area contributed by atoms with E-state index in [1.165, 1.54) is 18.2 Å². The summed E-state index contributed by atoms with van der Waals surface area (Å²) in [5.41, 5.74) is 1.23. The highest BCUT2D eigenvalue weighted by Crippen LogP contribution is 2.32. The lowest BCUT2D eigenvalue weighted by atomic mass is 10.1. The number of halogens is 4. The van der Waals surface area contributed by atoms with Crippen LogP contribution in [0, 0.1) is 24.3 Å². The van der Waals surface area contributed by atoms with Gasteiger partial charge in [-0.05, 0) is 75.5 Å². The van der Waals surface area contributed by atoms with E-state index in [9.17, 15) is 9.65 Å². The largest absolute Gasteiger partial charge is 0.472 e. The second kappa shape index (κ2) is 7.37. The van der Waals surface area contributed by atoms with Crippen LogP contribution in [0.3, 0.4) is 0 Å². The van der Waals surface area contributed by atoms with Crippen LogP contribution in [0.15, 0.2) is 36.4 Å². The zero-order valence-electron chi connectivity index (χ0n) is 12.0. The van der Waals surface area contributed by atoms with Crippen LogP contribution in [0.25, 0.3) is 10.8 Å². The number of rotatable bonds is 3. The van der Waals surface area contributed by atoms with E-state index in [0.29, 0.717) is 10.8 Å². The zero-order chi connectivity index (χ0) is 17.3. The molecule has 7 heteroatoms. The van der Waals surface area contributed by atoms with Gasteiger partial charge in [-0.2, -0.15) is 10.2 Å². The van der Waals surface area contributed by atoms with Gasteiger partial charge in [-0.1, -0.05) is 17.7 Å². The van der Waals surface area contributed by atoms with Crippen molar-refractivity contribution in [1.82, 2.24) is 4.98 Å². The topological polar surface area (TPSA) is 45.9 Å². The summed E-state index contributed by atoms with van der Waals surface area (Å²) in [4.78, 5) is 4.14. The first kappa shape index (κ1) is 17.6. The number of fused-ring (bicyclic) bond motifs is 1. The van der Waals surface area contributed by atoms with E-state index in [1.807, 2.05) is 24.3 Å². The quantitative estimate of drug-likeness (QED) is 0.304. The maximum absolute atomic E-state index is 13.6. The molecule has 0 spiro atoms. The lowest BCUT2D eigenvalue weighted by Gasteiger charge is -2.12. The molecule has 0 amide bonds. The monoisotopic (exact) mass is 564 g/mol. The summed E-state index contributed by atoms with van der Waals surface area (Å²) in [6, 6.07) is 12.0. The third-order valence-electron chi connectivity index (χ3n) is 3.41. The smallest absolute Gasteiger partial charge is 0.223 e. The molecule has 1 aromatic heterocycles. The first-order valence-electron chi connectivity index (χ1n) is 6.76. The average Bonchev–Trinajstić information content (AvgIpc) is 2.54. The highest BCUT2D eigenvalue weighted by Gasteiger charge is 2.15. The number of aromatic nitrogens is 1. The van der Waals surface area contributed by atoms with Crippen molar-refractivity contribution in [2.45, 2.75) is 6.61 Å². The molecule has 0 atom stereocenters. The summed E-state index contributed by atoms with van der Waals surface area (Å²) in [6.07, 6.45) is 0. The number of benzene rings is 2. The van der Waals surface area contributed by atoms with Crippen molar-refractivity contribution in [2.24, 2.45) is 0 Å². The van der Waals surface area contributed by atoms with E-state index in [1.54, 1.807) is 0 Å². The Morgan fingerprint density at radius 2 is 1.88 bits per heavy atom. The number of nitrogens with zero attached hydrogens (tertiary/aromatic N) is 2. The first-order valence-corrected chi connectivity index (χ1v) is 9.29. The molecule has 0 aliphatic rings. The van der Waals surface area contributed by atoms with Gasteiger partial charge in [0.05, 0.1) is 5.56 Å². The minimum absolute atomic E-state index is 0.0454. The van der Waals surface area contributed by atoms with E-state index < -0.39 is 5.82 Å². The minimum Gasteiger partial charge on any atom is -0.472 e. The molecule has 1 heterocycles. The molecule has 3 aromatic rings. The average molecular weight is 565 g/mol. The van der Waals surface area contributed by atoms with Crippen molar-refractivity contribution in [1.29, 1.82) is 5.26 Å². The standard InChI is InChI=1S/C17H8ClFI2N2O/c18-16-12(7-22)10-5-4-9(19)6-11(10)17(23-16)24-8-13-14(20)2-1-3-15(13)21/h1-6H,8H2.